The second-order valence-corrected chi connectivity index (χ2v) is 4.86. The summed E-state index contributed by atoms with van der Waals surface area (Å²) in [6, 6.07) is 15.8. The van der Waals surface area contributed by atoms with Crippen LogP contribution in [0.3, 0.4) is 0 Å². The molecule has 0 aliphatic heterocycles. The Kier molecular flexibility index (Phi) is 6.79. The van der Waals surface area contributed by atoms with Crippen molar-refractivity contribution in [2.75, 3.05) is 26.9 Å². The van der Waals surface area contributed by atoms with E-state index in [0.717, 1.165) is 0 Å². The Labute approximate surface area is 140 Å². The second-order valence-electron chi connectivity index (χ2n) is 4.86. The maximum Gasteiger partial charge on any atom is 0.338 e. The number of esters is 1. The molecule has 0 bridgehead atoms. The number of benzene rings is 2. The Morgan fingerprint density at radius 1 is 0.958 bits per heavy atom. The quantitative estimate of drug-likeness (QED) is 0.595. The smallest absolute Gasteiger partial charge is 0.338 e. The number of ether oxygens (including phenoxy) is 3. The average molecular weight is 329 g/mol. The molecule has 0 unspecified atom stereocenters. The summed E-state index contributed by atoms with van der Waals surface area (Å²) in [5.74, 6) is 0.378. The molecule has 0 radical (unpaired) electrons. The van der Waals surface area contributed by atoms with Crippen LogP contribution in [0.2, 0.25) is 0 Å². The van der Waals surface area contributed by atoms with Crippen LogP contribution in [0.4, 0.5) is 0 Å². The van der Waals surface area contributed by atoms with Crippen molar-refractivity contribution in [3.8, 4) is 11.5 Å². The largest absolute Gasteiger partial charge is 0.457 e. The van der Waals surface area contributed by atoms with Crippen LogP contribution in [-0.4, -0.2) is 38.7 Å². The first-order valence-corrected chi connectivity index (χ1v) is 7.45. The van der Waals surface area contributed by atoms with Crippen molar-refractivity contribution >= 4 is 11.9 Å². The van der Waals surface area contributed by atoms with Crippen LogP contribution in [0.1, 0.15) is 10.4 Å². The topological polar surface area (TPSA) is 73.9 Å². The summed E-state index contributed by atoms with van der Waals surface area (Å²) in [5, 5.41) is 2.57. The van der Waals surface area contributed by atoms with Gasteiger partial charge in [0.1, 0.15) is 11.5 Å². The van der Waals surface area contributed by atoms with Crippen LogP contribution < -0.4 is 10.1 Å². The predicted octanol–water partition coefficient (Wildman–Crippen LogP) is 2.40. The molecule has 2 aromatic carbocycles. The fourth-order valence-corrected chi connectivity index (χ4v) is 1.84. The predicted molar refractivity (Wildman–Crippen MR) is 88.1 cm³/mol. The van der Waals surface area contributed by atoms with Gasteiger partial charge >= 0.3 is 5.97 Å². The highest BCUT2D eigenvalue weighted by Gasteiger charge is 2.10. The van der Waals surface area contributed by atoms with E-state index in [1.807, 2.05) is 30.3 Å². The minimum absolute atomic E-state index is 0.329. The molecule has 126 valence electrons. The molecule has 2 rings (SSSR count). The zero-order valence-corrected chi connectivity index (χ0v) is 13.4. The molecular formula is C18H19NO5. The van der Waals surface area contributed by atoms with E-state index in [1.54, 1.807) is 24.3 Å². The van der Waals surface area contributed by atoms with Gasteiger partial charge in [0.15, 0.2) is 6.61 Å². The van der Waals surface area contributed by atoms with Crippen LogP contribution in [0, 0.1) is 0 Å². The normalized spacial score (nSPS) is 10.0. The van der Waals surface area contributed by atoms with Crippen molar-refractivity contribution in [1.29, 1.82) is 0 Å². The van der Waals surface area contributed by atoms with Gasteiger partial charge in [-0.15, -0.1) is 0 Å². The third-order valence-corrected chi connectivity index (χ3v) is 3.03. The fraction of sp³-hybridized carbons (Fsp3) is 0.222. The van der Waals surface area contributed by atoms with Crippen molar-refractivity contribution in [2.24, 2.45) is 0 Å². The number of carbonyl (C=O) groups excluding carboxylic acids is 2. The van der Waals surface area contributed by atoms with E-state index in [2.05, 4.69) is 5.32 Å². The molecule has 2 aromatic rings. The summed E-state index contributed by atoms with van der Waals surface area (Å²) >= 11 is 0. The van der Waals surface area contributed by atoms with Crippen molar-refractivity contribution in [2.45, 2.75) is 0 Å². The summed E-state index contributed by atoms with van der Waals surface area (Å²) in [7, 11) is 1.54. The first-order valence-electron chi connectivity index (χ1n) is 7.45. The summed E-state index contributed by atoms with van der Waals surface area (Å²) in [6.45, 7) is 0.450. The molecule has 0 aliphatic rings. The van der Waals surface area contributed by atoms with Crippen LogP contribution in [0.15, 0.2) is 54.6 Å². The van der Waals surface area contributed by atoms with E-state index < -0.39 is 5.97 Å². The molecule has 0 heterocycles. The number of methoxy groups -OCH3 is 1. The lowest BCUT2D eigenvalue weighted by Crippen LogP contribution is -2.31. The van der Waals surface area contributed by atoms with Gasteiger partial charge in [-0.2, -0.15) is 0 Å². The molecule has 6 nitrogen and oxygen atoms in total. The number of nitrogens with one attached hydrogen (secondary N) is 1. The molecule has 0 saturated carbocycles. The number of hydrogen-bond donors (Lipinski definition) is 1. The van der Waals surface area contributed by atoms with Gasteiger partial charge in [0.2, 0.25) is 0 Å². The monoisotopic (exact) mass is 329 g/mol. The number of amides is 1. The van der Waals surface area contributed by atoms with Crippen LogP contribution in [0.5, 0.6) is 11.5 Å². The molecule has 1 amide bonds. The van der Waals surface area contributed by atoms with Crippen LogP contribution in [-0.2, 0) is 14.3 Å². The Morgan fingerprint density at radius 3 is 2.29 bits per heavy atom. The molecular weight excluding hydrogens is 310 g/mol. The van der Waals surface area contributed by atoms with E-state index in [4.69, 9.17) is 14.2 Å². The Morgan fingerprint density at radius 2 is 1.62 bits per heavy atom. The van der Waals surface area contributed by atoms with Gasteiger partial charge < -0.3 is 19.5 Å². The molecule has 6 heteroatoms. The highest BCUT2D eigenvalue weighted by molar-refractivity contribution is 5.91. The van der Waals surface area contributed by atoms with Gasteiger partial charge in [0.05, 0.1) is 12.2 Å². The lowest BCUT2D eigenvalue weighted by atomic mass is 10.2. The van der Waals surface area contributed by atoms with E-state index in [-0.39, 0.29) is 12.5 Å². The van der Waals surface area contributed by atoms with Crippen molar-refractivity contribution < 1.29 is 23.8 Å². The van der Waals surface area contributed by atoms with E-state index in [0.29, 0.717) is 30.2 Å². The van der Waals surface area contributed by atoms with Gasteiger partial charge in [-0.25, -0.2) is 4.79 Å². The molecule has 0 atom stereocenters. The van der Waals surface area contributed by atoms with Gasteiger partial charge in [0, 0.05) is 13.7 Å². The molecule has 0 saturated heterocycles. The fourth-order valence-electron chi connectivity index (χ4n) is 1.84. The first-order chi connectivity index (χ1) is 11.7. The Hall–Kier alpha value is -2.86. The minimum atomic E-state index is -0.567. The highest BCUT2D eigenvalue weighted by atomic mass is 16.5. The number of rotatable bonds is 8. The van der Waals surface area contributed by atoms with Crippen molar-refractivity contribution in [3.63, 3.8) is 0 Å². The van der Waals surface area contributed by atoms with E-state index in [1.165, 1.54) is 7.11 Å². The van der Waals surface area contributed by atoms with Gasteiger partial charge in [-0.1, -0.05) is 18.2 Å². The molecule has 0 aliphatic carbocycles. The number of hydrogen-bond acceptors (Lipinski definition) is 5. The summed E-state index contributed by atoms with van der Waals surface area (Å²) in [4.78, 5) is 23.3. The summed E-state index contributed by atoms with van der Waals surface area (Å²) < 4.78 is 15.4. The zero-order chi connectivity index (χ0) is 17.2. The zero-order valence-electron chi connectivity index (χ0n) is 13.4. The third kappa shape index (κ3) is 5.73. The molecule has 24 heavy (non-hydrogen) atoms. The number of para-hydroxylation sites is 1. The average Bonchev–Trinajstić information content (AvgIpc) is 2.61. The first kappa shape index (κ1) is 17.5. The lowest BCUT2D eigenvalue weighted by Gasteiger charge is -2.08. The van der Waals surface area contributed by atoms with Gasteiger partial charge in [-0.3, -0.25) is 4.79 Å². The molecule has 0 spiro atoms. The standard InChI is InChI=1S/C18H19NO5/c1-22-12-11-19-17(20)13-23-18(21)14-7-9-16(10-8-14)24-15-5-3-2-4-6-15/h2-10H,11-13H2,1H3,(H,19,20). The Balaban J connectivity index is 1.81. The molecule has 0 fully saturated rings. The SMILES string of the molecule is COCCNC(=O)COC(=O)c1ccc(Oc2ccccc2)cc1. The number of carbonyl (C=O) groups is 2. The highest BCUT2D eigenvalue weighted by Crippen LogP contribution is 2.21. The maximum atomic E-state index is 11.9. The van der Waals surface area contributed by atoms with E-state index in [9.17, 15) is 9.59 Å². The van der Waals surface area contributed by atoms with Crippen LogP contribution in [0.25, 0.3) is 0 Å². The Bertz CT molecular complexity index is 655. The minimum Gasteiger partial charge on any atom is -0.457 e. The third-order valence-electron chi connectivity index (χ3n) is 3.03. The molecule has 0 aromatic heterocycles. The summed E-state index contributed by atoms with van der Waals surface area (Å²) in [5.41, 5.74) is 0.347. The maximum absolute atomic E-state index is 11.9. The van der Waals surface area contributed by atoms with Crippen molar-refractivity contribution in [3.05, 3.63) is 60.2 Å². The molecule has 1 N–H and O–H groups in total. The van der Waals surface area contributed by atoms with E-state index >= 15 is 0 Å². The van der Waals surface area contributed by atoms with Crippen LogP contribution >= 0.6 is 0 Å². The summed E-state index contributed by atoms with van der Waals surface area (Å²) in [6.07, 6.45) is 0. The van der Waals surface area contributed by atoms with Gasteiger partial charge in [-0.05, 0) is 36.4 Å². The lowest BCUT2D eigenvalue weighted by molar-refractivity contribution is -0.124. The van der Waals surface area contributed by atoms with Crippen molar-refractivity contribution in [1.82, 2.24) is 5.32 Å². The van der Waals surface area contributed by atoms with Gasteiger partial charge in [0.25, 0.3) is 5.91 Å². The second kappa shape index (κ2) is 9.32.